The number of hydrogen-bond donors (Lipinski definition) is 0. The van der Waals surface area contributed by atoms with E-state index >= 15 is 0 Å². The molecular weight excluding hydrogens is 88.0 g/mol. The molecule has 0 spiro atoms. The Balaban J connectivity index is 0. The van der Waals surface area contributed by atoms with Crippen LogP contribution in [0, 0.1) is 0 Å². The molecule has 0 fully saturated rings. The second kappa shape index (κ2) is 8.93. The molecule has 0 amide bonds. The van der Waals surface area contributed by atoms with Gasteiger partial charge in [-0.05, 0) is 0 Å². The fourth-order valence-electron chi connectivity index (χ4n) is 0.0227. The highest BCUT2D eigenvalue weighted by molar-refractivity contribution is 5.55. The summed E-state index contributed by atoms with van der Waals surface area (Å²) in [6.07, 6.45) is 0. The van der Waals surface area contributed by atoms with Crippen LogP contribution in [0.15, 0.2) is 0 Å². The lowest BCUT2D eigenvalue weighted by Crippen LogP contribution is -1.77. The summed E-state index contributed by atoms with van der Waals surface area (Å²) in [6.45, 7) is 0.125. The summed E-state index contributed by atoms with van der Waals surface area (Å²) in [6, 6.07) is 0. The third-order valence-corrected chi connectivity index (χ3v) is 0.111. The zero-order valence-electron chi connectivity index (χ0n) is 2.88. The smallest absolute Gasteiger partial charge is 0.300 e. The van der Waals surface area contributed by atoms with E-state index in [1.54, 1.807) is 0 Å². The molecule has 0 heterocycles. The maximum atomic E-state index is 8.95. The van der Waals surface area contributed by atoms with Gasteiger partial charge in [0.1, 0.15) is 0 Å². The van der Waals surface area contributed by atoms with Crippen molar-refractivity contribution in [1.82, 2.24) is 0 Å². The van der Waals surface area contributed by atoms with Gasteiger partial charge in [0.15, 0.2) is 0 Å². The molecule has 4 heteroatoms. The van der Waals surface area contributed by atoms with Crippen molar-refractivity contribution < 1.29 is 19.8 Å². The molecule has 0 rings (SSSR count). The topological polar surface area (TPSA) is 74.9 Å². The average Bonchev–Trinajstić information content (AvgIpc) is 1.41. The van der Waals surface area contributed by atoms with Gasteiger partial charge in [0, 0.05) is 0 Å². The summed E-state index contributed by atoms with van der Waals surface area (Å²) in [5.74, 6) is 0. The number of ether oxygens (including phenoxy) is 1. The normalized spacial score (nSPS) is 4.67. The number of carbonyl (C=O) groups excluding carboxylic acids is 2. The molecule has 4 nitrogen and oxygen atoms in total. The summed E-state index contributed by atoms with van der Waals surface area (Å²) in [4.78, 5) is 17.9. The molecular formula is C2H4O4. The van der Waals surface area contributed by atoms with Gasteiger partial charge in [-0.15, -0.1) is 0 Å². The number of rotatable bonds is 2. The summed E-state index contributed by atoms with van der Waals surface area (Å²) in [5, 5.41) is 0. The van der Waals surface area contributed by atoms with Crippen LogP contribution >= 0.6 is 0 Å². The van der Waals surface area contributed by atoms with Crippen LogP contribution in [0.3, 0.4) is 0 Å². The highest BCUT2D eigenvalue weighted by atomic mass is 16.6. The van der Waals surface area contributed by atoms with E-state index in [1.165, 1.54) is 0 Å². The Morgan fingerprint density at radius 1 is 1.17 bits per heavy atom. The Bertz CT molecular complexity index is 34.8. The molecule has 0 saturated heterocycles. The summed E-state index contributed by atoms with van der Waals surface area (Å²) >= 11 is 0. The van der Waals surface area contributed by atoms with Gasteiger partial charge in [-0.2, -0.15) is 0 Å². The molecule has 36 valence electrons. The van der Waals surface area contributed by atoms with E-state index in [0.717, 1.165) is 0 Å². The largest absolute Gasteiger partial charge is 0.412 e. The van der Waals surface area contributed by atoms with E-state index in [9.17, 15) is 0 Å². The van der Waals surface area contributed by atoms with E-state index in [1.807, 2.05) is 0 Å². The highest BCUT2D eigenvalue weighted by Crippen LogP contribution is 1.40. The summed E-state index contributed by atoms with van der Waals surface area (Å²) in [7, 11) is 0. The third kappa shape index (κ3) is 11.3. The molecule has 2 N–H and O–H groups in total. The maximum Gasteiger partial charge on any atom is 0.300 e. The molecule has 6 heavy (non-hydrogen) atoms. The van der Waals surface area contributed by atoms with Crippen molar-refractivity contribution in [3.63, 3.8) is 0 Å². The Morgan fingerprint density at radius 2 is 1.50 bits per heavy atom. The lowest BCUT2D eigenvalue weighted by molar-refractivity contribution is -0.141. The third-order valence-electron chi connectivity index (χ3n) is 0.111. The zero-order chi connectivity index (χ0) is 4.12. The van der Waals surface area contributed by atoms with Crippen molar-refractivity contribution in [2.24, 2.45) is 0 Å². The minimum absolute atomic E-state index is 0. The van der Waals surface area contributed by atoms with Crippen LogP contribution in [0.1, 0.15) is 0 Å². The molecule has 0 bridgehead atoms. The van der Waals surface area contributed by atoms with Gasteiger partial charge in [0.25, 0.3) is 0 Å². The Kier molecular flexibility index (Phi) is 13.3. The first kappa shape index (κ1) is 8.92. The van der Waals surface area contributed by atoms with Gasteiger partial charge < -0.3 is 10.2 Å². The molecule has 0 unspecified atom stereocenters. The van der Waals surface area contributed by atoms with Gasteiger partial charge >= 0.3 is 12.9 Å². The summed E-state index contributed by atoms with van der Waals surface area (Å²) < 4.78 is 3.47. The van der Waals surface area contributed by atoms with Crippen molar-refractivity contribution in [2.45, 2.75) is 0 Å². The Hall–Kier alpha value is -0.900. The monoisotopic (exact) mass is 92.0 g/mol. The second-order valence-electron chi connectivity index (χ2n) is 0.329. The first-order valence-corrected chi connectivity index (χ1v) is 0.943. The molecule has 0 aromatic heterocycles. The Labute approximate surface area is 34.0 Å². The standard InChI is InChI=1S/C2H2O3.H2O/c3-1-5-2-4;/h1-2H;1H2. The molecule has 0 aliphatic rings. The fourth-order valence-corrected chi connectivity index (χ4v) is 0.0227. The Morgan fingerprint density at radius 3 is 1.50 bits per heavy atom. The fraction of sp³-hybridized carbons (Fsp3) is 0. The predicted octanol–water partition coefficient (Wildman–Crippen LogP) is -1.51. The lowest BCUT2D eigenvalue weighted by Gasteiger charge is -1.65. The van der Waals surface area contributed by atoms with Gasteiger partial charge in [-0.1, -0.05) is 0 Å². The average molecular weight is 92.0 g/mol. The van der Waals surface area contributed by atoms with Crippen LogP contribution in [-0.4, -0.2) is 18.4 Å². The van der Waals surface area contributed by atoms with E-state index < -0.39 is 0 Å². The van der Waals surface area contributed by atoms with Crippen LogP contribution in [0.2, 0.25) is 0 Å². The lowest BCUT2D eigenvalue weighted by atomic mass is 11.5. The first-order valence-electron chi connectivity index (χ1n) is 0.943. The van der Waals surface area contributed by atoms with Crippen LogP contribution in [0.25, 0.3) is 0 Å². The van der Waals surface area contributed by atoms with E-state index in [-0.39, 0.29) is 18.4 Å². The van der Waals surface area contributed by atoms with Gasteiger partial charge in [0.2, 0.25) is 0 Å². The van der Waals surface area contributed by atoms with Crippen LogP contribution in [0.4, 0.5) is 0 Å². The SMILES string of the molecule is O.O=COC=O. The van der Waals surface area contributed by atoms with Crippen LogP contribution < -0.4 is 0 Å². The summed E-state index contributed by atoms with van der Waals surface area (Å²) in [5.41, 5.74) is 0. The van der Waals surface area contributed by atoms with Gasteiger partial charge in [-0.3, -0.25) is 9.59 Å². The maximum absolute atomic E-state index is 8.95. The van der Waals surface area contributed by atoms with Gasteiger partial charge in [0.05, 0.1) is 0 Å². The van der Waals surface area contributed by atoms with E-state index in [2.05, 4.69) is 4.74 Å². The molecule has 0 saturated carbocycles. The van der Waals surface area contributed by atoms with Gasteiger partial charge in [-0.25, -0.2) is 0 Å². The van der Waals surface area contributed by atoms with Crippen molar-refractivity contribution in [1.29, 1.82) is 0 Å². The first-order chi connectivity index (χ1) is 2.41. The number of carbonyl (C=O) groups is 2. The minimum atomic E-state index is 0. The zero-order valence-corrected chi connectivity index (χ0v) is 2.88. The molecule has 0 aliphatic heterocycles. The number of hydrogen-bond acceptors (Lipinski definition) is 3. The van der Waals surface area contributed by atoms with Crippen molar-refractivity contribution in [3.05, 3.63) is 0 Å². The van der Waals surface area contributed by atoms with E-state index in [0.29, 0.717) is 0 Å². The van der Waals surface area contributed by atoms with Crippen LogP contribution in [-0.2, 0) is 14.3 Å². The molecule has 0 aliphatic carbocycles. The predicted molar refractivity (Wildman–Crippen MR) is 16.8 cm³/mol. The quantitative estimate of drug-likeness (QED) is 0.307. The van der Waals surface area contributed by atoms with Crippen molar-refractivity contribution in [2.75, 3.05) is 0 Å². The molecule has 0 radical (unpaired) electrons. The molecule has 0 aromatic carbocycles. The molecule has 0 aromatic rings. The highest BCUT2D eigenvalue weighted by Gasteiger charge is 1.58. The van der Waals surface area contributed by atoms with Crippen molar-refractivity contribution >= 4 is 12.9 Å². The van der Waals surface area contributed by atoms with Crippen molar-refractivity contribution in [3.8, 4) is 0 Å². The minimum Gasteiger partial charge on any atom is -0.412 e. The van der Waals surface area contributed by atoms with Crippen LogP contribution in [0.5, 0.6) is 0 Å². The van der Waals surface area contributed by atoms with E-state index in [4.69, 9.17) is 9.59 Å². The second-order valence-corrected chi connectivity index (χ2v) is 0.329. The molecule has 0 atom stereocenters.